The fourth-order valence-electron chi connectivity index (χ4n) is 3.19. The average molecular weight is 308 g/mol. The second kappa shape index (κ2) is 6.36. The Morgan fingerprint density at radius 3 is 3.00 bits per heavy atom. The third-order valence-corrected chi connectivity index (χ3v) is 4.31. The monoisotopic (exact) mass is 308 g/mol. The molecule has 1 aromatic heterocycles. The molecule has 1 atom stereocenters. The first-order chi connectivity index (χ1) is 10.6. The standard InChI is InChI=1S/C15H24N4O3/c1-3-19-11-15(22-9-14(19)20)10-18(4-5-21-12-15)8-13-6-16-17(2)7-13/h6-7H,3-5,8-12H2,1-2H3/t15-/m1/s1. The minimum absolute atomic E-state index is 0.0659. The van der Waals surface area contributed by atoms with E-state index in [9.17, 15) is 4.79 Å². The first-order valence-corrected chi connectivity index (χ1v) is 7.79. The highest BCUT2D eigenvalue weighted by atomic mass is 16.6. The van der Waals surface area contributed by atoms with Crippen LogP contribution in [0.4, 0.5) is 0 Å². The fraction of sp³-hybridized carbons (Fsp3) is 0.733. The molecule has 0 aliphatic carbocycles. The van der Waals surface area contributed by atoms with Crippen molar-refractivity contribution >= 4 is 5.91 Å². The second-order valence-corrected chi connectivity index (χ2v) is 6.17. The molecule has 7 nitrogen and oxygen atoms in total. The largest absolute Gasteiger partial charge is 0.377 e. The molecule has 3 heterocycles. The Labute approximate surface area is 130 Å². The first-order valence-electron chi connectivity index (χ1n) is 7.79. The minimum atomic E-state index is -0.414. The topological polar surface area (TPSA) is 59.8 Å². The number of rotatable bonds is 3. The van der Waals surface area contributed by atoms with Crippen LogP contribution in [-0.2, 0) is 27.9 Å². The Bertz CT molecular complexity index is 533. The number of morpholine rings is 1. The number of aromatic nitrogens is 2. The van der Waals surface area contributed by atoms with Crippen molar-refractivity contribution < 1.29 is 14.3 Å². The predicted molar refractivity (Wildman–Crippen MR) is 80.2 cm³/mol. The van der Waals surface area contributed by atoms with Crippen molar-refractivity contribution in [1.82, 2.24) is 19.6 Å². The van der Waals surface area contributed by atoms with Gasteiger partial charge in [0.2, 0.25) is 5.91 Å². The van der Waals surface area contributed by atoms with Gasteiger partial charge >= 0.3 is 0 Å². The summed E-state index contributed by atoms with van der Waals surface area (Å²) < 4.78 is 13.5. The maximum Gasteiger partial charge on any atom is 0.248 e. The molecule has 22 heavy (non-hydrogen) atoms. The molecule has 0 radical (unpaired) electrons. The highest BCUT2D eigenvalue weighted by molar-refractivity contribution is 5.78. The van der Waals surface area contributed by atoms with Crippen LogP contribution >= 0.6 is 0 Å². The van der Waals surface area contributed by atoms with Crippen molar-refractivity contribution in [2.75, 3.05) is 46.0 Å². The van der Waals surface area contributed by atoms with Gasteiger partial charge in [0, 0.05) is 45.0 Å². The highest BCUT2D eigenvalue weighted by Gasteiger charge is 2.42. The lowest BCUT2D eigenvalue weighted by molar-refractivity contribution is -0.172. The number of hydrogen-bond acceptors (Lipinski definition) is 5. The molecular formula is C15H24N4O3. The SMILES string of the molecule is CCN1C[C@]2(COCCN(Cc3cnn(C)c3)C2)OCC1=O. The summed E-state index contributed by atoms with van der Waals surface area (Å²) in [5, 5.41) is 4.22. The maximum absolute atomic E-state index is 11.8. The molecule has 2 saturated heterocycles. The van der Waals surface area contributed by atoms with Crippen molar-refractivity contribution in [3.05, 3.63) is 18.0 Å². The molecule has 2 aliphatic rings. The van der Waals surface area contributed by atoms with Gasteiger partial charge in [-0.05, 0) is 6.92 Å². The predicted octanol–water partition coefficient (Wildman–Crippen LogP) is -0.130. The molecule has 3 rings (SSSR count). The van der Waals surface area contributed by atoms with E-state index in [1.54, 1.807) is 0 Å². The molecule has 1 spiro atoms. The molecule has 2 fully saturated rings. The number of carbonyl (C=O) groups excluding carboxylic acids is 1. The zero-order valence-corrected chi connectivity index (χ0v) is 13.3. The van der Waals surface area contributed by atoms with Crippen LogP contribution in [0.3, 0.4) is 0 Å². The number of ether oxygens (including phenoxy) is 2. The molecule has 1 amide bonds. The van der Waals surface area contributed by atoms with E-state index in [4.69, 9.17) is 9.47 Å². The second-order valence-electron chi connectivity index (χ2n) is 6.17. The van der Waals surface area contributed by atoms with Crippen LogP contribution in [0.15, 0.2) is 12.4 Å². The highest BCUT2D eigenvalue weighted by Crippen LogP contribution is 2.24. The minimum Gasteiger partial charge on any atom is -0.377 e. The first kappa shape index (κ1) is 15.5. The van der Waals surface area contributed by atoms with Crippen molar-refractivity contribution in [2.24, 2.45) is 7.05 Å². The third-order valence-electron chi connectivity index (χ3n) is 4.31. The Balaban J connectivity index is 1.70. The van der Waals surface area contributed by atoms with Crippen LogP contribution < -0.4 is 0 Å². The van der Waals surface area contributed by atoms with Crippen LogP contribution in [-0.4, -0.2) is 77.1 Å². The fourth-order valence-corrected chi connectivity index (χ4v) is 3.19. The summed E-state index contributed by atoms with van der Waals surface area (Å²) in [6.07, 6.45) is 3.92. The molecular weight excluding hydrogens is 284 g/mol. The lowest BCUT2D eigenvalue weighted by Gasteiger charge is -2.42. The van der Waals surface area contributed by atoms with E-state index in [-0.39, 0.29) is 12.5 Å². The van der Waals surface area contributed by atoms with Crippen LogP contribution in [0.25, 0.3) is 0 Å². The van der Waals surface area contributed by atoms with Gasteiger partial charge in [-0.3, -0.25) is 14.4 Å². The summed E-state index contributed by atoms with van der Waals surface area (Å²) in [4.78, 5) is 16.0. The molecule has 7 heteroatoms. The number of aryl methyl sites for hydroxylation is 1. The zero-order chi connectivity index (χ0) is 15.6. The number of likely N-dealkylation sites (N-methyl/N-ethyl adjacent to an activating group) is 1. The summed E-state index contributed by atoms with van der Waals surface area (Å²) in [5.74, 6) is 0.0659. The van der Waals surface area contributed by atoms with Gasteiger partial charge in [-0.2, -0.15) is 5.10 Å². The van der Waals surface area contributed by atoms with Gasteiger partial charge in [0.25, 0.3) is 0 Å². The summed E-state index contributed by atoms with van der Waals surface area (Å²) in [7, 11) is 1.92. The van der Waals surface area contributed by atoms with E-state index >= 15 is 0 Å². The van der Waals surface area contributed by atoms with Crippen molar-refractivity contribution in [1.29, 1.82) is 0 Å². The van der Waals surface area contributed by atoms with E-state index in [1.165, 1.54) is 5.56 Å². The van der Waals surface area contributed by atoms with Gasteiger partial charge in [-0.15, -0.1) is 0 Å². The van der Waals surface area contributed by atoms with E-state index in [2.05, 4.69) is 10.00 Å². The summed E-state index contributed by atoms with van der Waals surface area (Å²) >= 11 is 0. The maximum atomic E-state index is 11.8. The Kier molecular flexibility index (Phi) is 4.46. The van der Waals surface area contributed by atoms with Gasteiger partial charge < -0.3 is 14.4 Å². The summed E-state index contributed by atoms with van der Waals surface area (Å²) in [6, 6.07) is 0. The molecule has 0 unspecified atom stereocenters. The van der Waals surface area contributed by atoms with Crippen molar-refractivity contribution in [3.63, 3.8) is 0 Å². The van der Waals surface area contributed by atoms with Gasteiger partial charge in [0.05, 0.1) is 26.0 Å². The van der Waals surface area contributed by atoms with E-state index < -0.39 is 5.60 Å². The molecule has 122 valence electrons. The molecule has 0 N–H and O–H groups in total. The van der Waals surface area contributed by atoms with Gasteiger partial charge in [0.1, 0.15) is 12.2 Å². The van der Waals surface area contributed by atoms with Crippen LogP contribution in [0.1, 0.15) is 12.5 Å². The third kappa shape index (κ3) is 3.31. The number of nitrogens with zero attached hydrogens (tertiary/aromatic N) is 4. The lowest BCUT2D eigenvalue weighted by atomic mass is 10.0. The Hall–Kier alpha value is -1.44. The molecule has 0 bridgehead atoms. The average Bonchev–Trinajstić information content (AvgIpc) is 2.80. The quantitative estimate of drug-likeness (QED) is 0.778. The molecule has 0 saturated carbocycles. The Morgan fingerprint density at radius 2 is 2.27 bits per heavy atom. The lowest BCUT2D eigenvalue weighted by Crippen LogP contribution is -2.60. The smallest absolute Gasteiger partial charge is 0.248 e. The van der Waals surface area contributed by atoms with Gasteiger partial charge in [0.15, 0.2) is 0 Å². The number of hydrogen-bond donors (Lipinski definition) is 0. The molecule has 0 aromatic carbocycles. The molecule has 2 aliphatic heterocycles. The normalized spacial score (nSPS) is 27.4. The Morgan fingerprint density at radius 1 is 1.41 bits per heavy atom. The molecule has 1 aromatic rings. The van der Waals surface area contributed by atoms with E-state index in [0.717, 1.165) is 19.6 Å². The van der Waals surface area contributed by atoms with Gasteiger partial charge in [-0.25, -0.2) is 0 Å². The van der Waals surface area contributed by atoms with E-state index in [1.807, 2.05) is 35.9 Å². The van der Waals surface area contributed by atoms with Crippen molar-refractivity contribution in [2.45, 2.75) is 19.1 Å². The summed E-state index contributed by atoms with van der Waals surface area (Å²) in [5.41, 5.74) is 0.765. The van der Waals surface area contributed by atoms with Crippen LogP contribution in [0, 0.1) is 0 Å². The number of carbonyl (C=O) groups is 1. The van der Waals surface area contributed by atoms with Crippen molar-refractivity contribution in [3.8, 4) is 0 Å². The van der Waals surface area contributed by atoms with Crippen LogP contribution in [0.2, 0.25) is 0 Å². The summed E-state index contributed by atoms with van der Waals surface area (Å²) in [6.45, 7) is 7.15. The van der Waals surface area contributed by atoms with E-state index in [0.29, 0.717) is 26.3 Å². The van der Waals surface area contributed by atoms with Crippen LogP contribution in [0.5, 0.6) is 0 Å². The zero-order valence-electron chi connectivity index (χ0n) is 13.3. The number of amides is 1. The van der Waals surface area contributed by atoms with Gasteiger partial charge in [-0.1, -0.05) is 0 Å².